The van der Waals surface area contributed by atoms with E-state index in [4.69, 9.17) is 0 Å². The molecule has 0 saturated carbocycles. The number of anilines is 1. The smallest absolute Gasteiger partial charge is 0.257 e. The van der Waals surface area contributed by atoms with E-state index in [0.29, 0.717) is 11.5 Å². The van der Waals surface area contributed by atoms with E-state index >= 15 is 0 Å². The number of aromatic nitrogens is 1. The molecule has 0 spiro atoms. The van der Waals surface area contributed by atoms with Gasteiger partial charge in [0, 0.05) is 31.5 Å². The zero-order valence-electron chi connectivity index (χ0n) is 14.0. The summed E-state index contributed by atoms with van der Waals surface area (Å²) in [6.07, 6.45) is 5.35. The predicted octanol–water partition coefficient (Wildman–Crippen LogP) is 3.80. The van der Waals surface area contributed by atoms with Crippen LogP contribution in [-0.2, 0) is 0 Å². The van der Waals surface area contributed by atoms with E-state index in [1.165, 1.54) is 0 Å². The van der Waals surface area contributed by atoms with Gasteiger partial charge in [0.15, 0.2) is 0 Å². The summed E-state index contributed by atoms with van der Waals surface area (Å²) in [5, 5.41) is 3.25. The molecule has 0 saturated heterocycles. The Kier molecular flexibility index (Phi) is 7.20. The first-order valence-electron chi connectivity index (χ1n) is 8.03. The summed E-state index contributed by atoms with van der Waals surface area (Å²) in [5.41, 5.74) is 1.55. The first kappa shape index (κ1) is 17.5. The molecule has 4 nitrogen and oxygen atoms in total. The van der Waals surface area contributed by atoms with Crippen LogP contribution in [-0.4, -0.2) is 34.9 Å². The Morgan fingerprint density at radius 1 is 1.29 bits per heavy atom. The van der Waals surface area contributed by atoms with Crippen LogP contribution in [0.3, 0.4) is 0 Å². The largest absolute Gasteiger partial charge is 0.385 e. The van der Waals surface area contributed by atoms with Gasteiger partial charge in [0.25, 0.3) is 5.91 Å². The van der Waals surface area contributed by atoms with Crippen molar-refractivity contribution in [3.8, 4) is 0 Å². The van der Waals surface area contributed by atoms with Gasteiger partial charge in [-0.2, -0.15) is 0 Å². The Bertz CT molecular complexity index is 441. The second-order valence-electron chi connectivity index (χ2n) is 5.77. The van der Waals surface area contributed by atoms with Crippen LogP contribution in [0.15, 0.2) is 18.5 Å². The highest BCUT2D eigenvalue weighted by Crippen LogP contribution is 2.20. The minimum Gasteiger partial charge on any atom is -0.385 e. The molecule has 0 atom stereocenters. The van der Waals surface area contributed by atoms with Crippen molar-refractivity contribution >= 4 is 11.6 Å². The summed E-state index contributed by atoms with van der Waals surface area (Å²) in [7, 11) is 0. The Balaban J connectivity index is 3.09. The van der Waals surface area contributed by atoms with Crippen LogP contribution in [0.2, 0.25) is 0 Å². The van der Waals surface area contributed by atoms with Gasteiger partial charge in [0.2, 0.25) is 0 Å². The fourth-order valence-electron chi connectivity index (χ4n) is 2.58. The lowest BCUT2D eigenvalue weighted by Crippen LogP contribution is -2.42. The maximum Gasteiger partial charge on any atom is 0.257 e. The van der Waals surface area contributed by atoms with Crippen LogP contribution in [0, 0.1) is 5.92 Å². The molecule has 1 rings (SSSR count). The van der Waals surface area contributed by atoms with Gasteiger partial charge in [-0.05, 0) is 31.7 Å². The third-order valence-corrected chi connectivity index (χ3v) is 3.62. The van der Waals surface area contributed by atoms with Crippen LogP contribution >= 0.6 is 0 Å². The first-order chi connectivity index (χ1) is 10.0. The Hall–Kier alpha value is -1.58. The Morgan fingerprint density at radius 2 is 1.95 bits per heavy atom. The van der Waals surface area contributed by atoms with Crippen molar-refractivity contribution in [2.24, 2.45) is 5.92 Å². The van der Waals surface area contributed by atoms with Gasteiger partial charge in [-0.25, -0.2) is 0 Å². The Labute approximate surface area is 129 Å². The van der Waals surface area contributed by atoms with E-state index in [1.54, 1.807) is 12.4 Å². The molecule has 1 N–H and O–H groups in total. The quantitative estimate of drug-likeness (QED) is 0.792. The number of nitrogens with zero attached hydrogens (tertiary/aromatic N) is 2. The number of amides is 1. The lowest BCUT2D eigenvalue weighted by atomic mass is 10.1. The average molecular weight is 291 g/mol. The Morgan fingerprint density at radius 3 is 2.48 bits per heavy atom. The molecule has 1 amide bonds. The zero-order chi connectivity index (χ0) is 15.8. The SMILES string of the molecule is CCNc1ccncc1C(=O)N(CC(C)C)C(CC)CC. The topological polar surface area (TPSA) is 45.2 Å². The summed E-state index contributed by atoms with van der Waals surface area (Å²) in [6, 6.07) is 2.16. The van der Waals surface area contributed by atoms with E-state index in [9.17, 15) is 4.79 Å². The summed E-state index contributed by atoms with van der Waals surface area (Å²) in [6.45, 7) is 12.2. The predicted molar refractivity (Wildman–Crippen MR) is 88.6 cm³/mol. The summed E-state index contributed by atoms with van der Waals surface area (Å²) in [5.74, 6) is 0.537. The van der Waals surface area contributed by atoms with Gasteiger partial charge in [0.05, 0.1) is 11.3 Å². The fraction of sp³-hybridized carbons (Fsp3) is 0.647. The van der Waals surface area contributed by atoms with Crippen molar-refractivity contribution in [2.45, 2.75) is 53.5 Å². The minimum atomic E-state index is 0.0847. The van der Waals surface area contributed by atoms with E-state index in [-0.39, 0.29) is 11.9 Å². The van der Waals surface area contributed by atoms with Gasteiger partial charge >= 0.3 is 0 Å². The number of nitrogens with one attached hydrogen (secondary N) is 1. The highest BCUT2D eigenvalue weighted by molar-refractivity contribution is 5.99. The van der Waals surface area contributed by atoms with Crippen molar-refractivity contribution in [3.63, 3.8) is 0 Å². The molecular formula is C17H29N3O. The fourth-order valence-corrected chi connectivity index (χ4v) is 2.58. The number of rotatable bonds is 8. The lowest BCUT2D eigenvalue weighted by molar-refractivity contribution is 0.0641. The number of carbonyl (C=O) groups excluding carboxylic acids is 1. The average Bonchev–Trinajstić information content (AvgIpc) is 2.47. The highest BCUT2D eigenvalue weighted by Gasteiger charge is 2.25. The molecule has 4 heteroatoms. The van der Waals surface area contributed by atoms with Crippen molar-refractivity contribution in [1.29, 1.82) is 0 Å². The van der Waals surface area contributed by atoms with Crippen molar-refractivity contribution in [1.82, 2.24) is 9.88 Å². The molecule has 0 aromatic carbocycles. The summed E-state index contributed by atoms with van der Waals surface area (Å²) >= 11 is 0. The van der Waals surface area contributed by atoms with E-state index < -0.39 is 0 Å². The maximum atomic E-state index is 13.0. The van der Waals surface area contributed by atoms with Crippen LogP contribution in [0.1, 0.15) is 57.8 Å². The van der Waals surface area contributed by atoms with Gasteiger partial charge in [-0.3, -0.25) is 9.78 Å². The van der Waals surface area contributed by atoms with Crippen LogP contribution in [0.5, 0.6) is 0 Å². The van der Waals surface area contributed by atoms with Crippen LogP contribution in [0.25, 0.3) is 0 Å². The molecule has 0 aliphatic heterocycles. The highest BCUT2D eigenvalue weighted by atomic mass is 16.2. The molecule has 1 heterocycles. The summed E-state index contributed by atoms with van der Waals surface area (Å²) < 4.78 is 0. The van der Waals surface area contributed by atoms with Gasteiger partial charge in [0.1, 0.15) is 0 Å². The second kappa shape index (κ2) is 8.65. The third-order valence-electron chi connectivity index (χ3n) is 3.62. The molecule has 0 aliphatic carbocycles. The first-order valence-corrected chi connectivity index (χ1v) is 8.03. The van der Waals surface area contributed by atoms with Crippen molar-refractivity contribution in [3.05, 3.63) is 24.0 Å². The van der Waals surface area contributed by atoms with Gasteiger partial charge < -0.3 is 10.2 Å². The normalized spacial score (nSPS) is 11.0. The zero-order valence-corrected chi connectivity index (χ0v) is 14.0. The minimum absolute atomic E-state index is 0.0847. The molecule has 0 bridgehead atoms. The molecule has 0 aliphatic rings. The molecule has 21 heavy (non-hydrogen) atoms. The molecule has 0 fully saturated rings. The number of hydrogen-bond donors (Lipinski definition) is 1. The summed E-state index contributed by atoms with van der Waals surface area (Å²) in [4.78, 5) is 19.1. The number of pyridine rings is 1. The van der Waals surface area contributed by atoms with Crippen LogP contribution in [0.4, 0.5) is 5.69 Å². The number of hydrogen-bond acceptors (Lipinski definition) is 3. The molecule has 118 valence electrons. The lowest BCUT2D eigenvalue weighted by Gasteiger charge is -2.32. The van der Waals surface area contributed by atoms with Crippen molar-refractivity contribution in [2.75, 3.05) is 18.4 Å². The molecular weight excluding hydrogens is 262 g/mol. The maximum absolute atomic E-state index is 13.0. The monoisotopic (exact) mass is 291 g/mol. The van der Waals surface area contributed by atoms with E-state index in [2.05, 4.69) is 38.0 Å². The van der Waals surface area contributed by atoms with Crippen molar-refractivity contribution < 1.29 is 4.79 Å². The third kappa shape index (κ3) is 4.73. The van der Waals surface area contributed by atoms with Gasteiger partial charge in [-0.1, -0.05) is 27.7 Å². The number of carbonyl (C=O) groups is 1. The van der Waals surface area contributed by atoms with E-state index in [1.807, 2.05) is 17.9 Å². The van der Waals surface area contributed by atoms with Gasteiger partial charge in [-0.15, -0.1) is 0 Å². The molecule has 0 unspecified atom stereocenters. The molecule has 0 radical (unpaired) electrons. The van der Waals surface area contributed by atoms with Crippen LogP contribution < -0.4 is 5.32 Å². The second-order valence-corrected chi connectivity index (χ2v) is 5.77. The standard InChI is InChI=1S/C17H29N3O/c1-6-14(7-2)20(12-13(4)5)17(21)15-11-18-10-9-16(15)19-8-3/h9-11,13-14H,6-8,12H2,1-5H3,(H,18,19). The molecule has 1 aromatic rings. The van der Waals surface area contributed by atoms with E-state index in [0.717, 1.165) is 31.6 Å². The molecule has 1 aromatic heterocycles.